The molecule has 4 fully saturated rings. The van der Waals surface area contributed by atoms with Crippen LogP contribution in [0.3, 0.4) is 0 Å². The Morgan fingerprint density at radius 2 is 1.67 bits per heavy atom. The predicted molar refractivity (Wildman–Crippen MR) is 134 cm³/mol. The van der Waals surface area contributed by atoms with Crippen LogP contribution < -0.4 is 0 Å². The van der Waals surface area contributed by atoms with Crippen molar-refractivity contribution in [2.75, 3.05) is 7.11 Å². The fourth-order valence-corrected chi connectivity index (χ4v) is 9.56. The Kier molecular flexibility index (Phi) is 7.05. The van der Waals surface area contributed by atoms with Gasteiger partial charge in [0.25, 0.3) is 0 Å². The number of Topliss-reactive ketones (excluding diaryl/α,β-unsaturated/α-hetero) is 2. The largest absolute Gasteiger partial charge is 0.469 e. The van der Waals surface area contributed by atoms with E-state index in [-0.39, 0.29) is 71.3 Å². The van der Waals surface area contributed by atoms with Crippen LogP contribution in [0.1, 0.15) is 92.4 Å². The molecule has 0 heterocycles. The summed E-state index contributed by atoms with van der Waals surface area (Å²) in [4.78, 5) is 37.2. The van der Waals surface area contributed by atoms with E-state index >= 15 is 0 Å². The fraction of sp³-hybridized carbons (Fsp3) is 0.897. The van der Waals surface area contributed by atoms with E-state index in [2.05, 4.69) is 20.8 Å². The average molecular weight is 507 g/mol. The first-order chi connectivity index (χ1) is 16.6. The molecule has 7 nitrogen and oxygen atoms in total. The van der Waals surface area contributed by atoms with Crippen molar-refractivity contribution < 1.29 is 34.4 Å². The summed E-state index contributed by atoms with van der Waals surface area (Å²) in [5.74, 6) is -0.899. The Hall–Kier alpha value is -1.31. The van der Waals surface area contributed by atoms with Crippen LogP contribution in [-0.2, 0) is 19.1 Å². The Labute approximate surface area is 215 Å². The van der Waals surface area contributed by atoms with Crippen LogP contribution in [-0.4, -0.2) is 57.3 Å². The van der Waals surface area contributed by atoms with Gasteiger partial charge in [0.15, 0.2) is 11.6 Å². The number of fused-ring (bicyclic) bond motifs is 5. The summed E-state index contributed by atoms with van der Waals surface area (Å²) in [6.45, 7) is 9.35. The minimum atomic E-state index is -1.54. The van der Waals surface area contributed by atoms with Crippen molar-refractivity contribution in [2.24, 2.45) is 46.3 Å². The minimum absolute atomic E-state index is 0.0166. The highest BCUT2D eigenvalue weighted by Gasteiger charge is 2.70. The van der Waals surface area contributed by atoms with Crippen LogP contribution in [0.4, 0.5) is 0 Å². The number of aliphatic hydroxyl groups excluding tert-OH is 1. The number of aliphatic hydroxyl groups is 3. The number of rotatable bonds is 6. The van der Waals surface area contributed by atoms with Gasteiger partial charge in [0, 0.05) is 12.3 Å². The number of carbonyl (C=O) groups excluding carboxylic acids is 3. The lowest BCUT2D eigenvalue weighted by molar-refractivity contribution is -0.242. The molecule has 11 atom stereocenters. The summed E-state index contributed by atoms with van der Waals surface area (Å²) in [6.07, 6.45) is 4.17. The third-order valence-electron chi connectivity index (χ3n) is 12.0. The summed E-state index contributed by atoms with van der Waals surface area (Å²) >= 11 is 0. The van der Waals surface area contributed by atoms with Gasteiger partial charge in [-0.3, -0.25) is 14.4 Å². The number of hydrogen-bond donors (Lipinski definition) is 3. The number of esters is 1. The average Bonchev–Trinajstić information content (AvgIpc) is 3.17. The smallest absolute Gasteiger partial charge is 0.305 e. The van der Waals surface area contributed by atoms with Crippen LogP contribution in [0.5, 0.6) is 0 Å². The molecule has 4 aliphatic rings. The second-order valence-corrected chi connectivity index (χ2v) is 13.3. The molecule has 0 aromatic rings. The third-order valence-corrected chi connectivity index (χ3v) is 12.0. The van der Waals surface area contributed by atoms with E-state index in [0.717, 1.165) is 12.8 Å². The number of hydrogen-bond acceptors (Lipinski definition) is 7. The highest BCUT2D eigenvalue weighted by atomic mass is 16.5. The fourth-order valence-electron chi connectivity index (χ4n) is 9.56. The van der Waals surface area contributed by atoms with E-state index in [4.69, 9.17) is 4.74 Å². The molecule has 7 heteroatoms. The molecule has 0 aromatic carbocycles. The second kappa shape index (κ2) is 9.16. The Bertz CT molecular complexity index is 917. The van der Waals surface area contributed by atoms with E-state index in [0.29, 0.717) is 32.1 Å². The SMILES string of the molecule is COC(=O)CCC(C)C1CCC2C3C(CC(O)C12C)C1(C)CCC(O)(C(C)=O)CC1CC3(O)C(C)=O. The first-order valence-electron chi connectivity index (χ1n) is 13.9. The zero-order valence-corrected chi connectivity index (χ0v) is 22.9. The summed E-state index contributed by atoms with van der Waals surface area (Å²) in [7, 11) is 1.40. The van der Waals surface area contributed by atoms with Crippen molar-refractivity contribution in [3.05, 3.63) is 0 Å². The maximum atomic E-state index is 13.2. The lowest BCUT2D eigenvalue weighted by atomic mass is 9.39. The van der Waals surface area contributed by atoms with E-state index in [9.17, 15) is 29.7 Å². The molecular formula is C29H46O7. The van der Waals surface area contributed by atoms with Gasteiger partial charge < -0.3 is 20.1 Å². The van der Waals surface area contributed by atoms with E-state index in [1.165, 1.54) is 21.0 Å². The topological polar surface area (TPSA) is 121 Å². The first-order valence-corrected chi connectivity index (χ1v) is 13.9. The number of ether oxygens (including phenoxy) is 1. The van der Waals surface area contributed by atoms with Crippen LogP contribution >= 0.6 is 0 Å². The summed E-state index contributed by atoms with van der Waals surface area (Å²) in [6, 6.07) is 0. The number of ketones is 2. The van der Waals surface area contributed by atoms with Crippen LogP contribution in [0, 0.1) is 46.3 Å². The molecule has 3 N–H and O–H groups in total. The van der Waals surface area contributed by atoms with Gasteiger partial charge in [0.1, 0.15) is 11.2 Å². The number of methoxy groups -OCH3 is 1. The van der Waals surface area contributed by atoms with E-state index in [1.54, 1.807) is 0 Å². The van der Waals surface area contributed by atoms with Crippen LogP contribution in [0.15, 0.2) is 0 Å². The molecule has 11 unspecified atom stereocenters. The van der Waals surface area contributed by atoms with Gasteiger partial charge in [0.2, 0.25) is 0 Å². The van der Waals surface area contributed by atoms with Crippen molar-refractivity contribution in [3.63, 3.8) is 0 Å². The van der Waals surface area contributed by atoms with Gasteiger partial charge in [-0.15, -0.1) is 0 Å². The van der Waals surface area contributed by atoms with Crippen molar-refractivity contribution in [1.29, 1.82) is 0 Å². The van der Waals surface area contributed by atoms with Gasteiger partial charge in [-0.25, -0.2) is 0 Å². The van der Waals surface area contributed by atoms with Gasteiger partial charge in [-0.1, -0.05) is 20.8 Å². The molecule has 0 saturated heterocycles. The molecule has 0 aromatic heterocycles. The zero-order valence-electron chi connectivity index (χ0n) is 22.9. The number of carbonyl (C=O) groups is 3. The van der Waals surface area contributed by atoms with Gasteiger partial charge >= 0.3 is 5.97 Å². The Morgan fingerprint density at radius 1 is 1.00 bits per heavy atom. The standard InChI is InChI=1S/C29H46O7/c1-16(7-10-24(33)36-6)20-8-9-21-25-22(13-23(32)27(20,21)5)26(4)11-12-28(34,17(2)30)14-19(26)15-29(25,35)18(3)31/h16,19-23,25,32,34-35H,7-15H2,1-6H3. The Morgan fingerprint density at radius 3 is 2.25 bits per heavy atom. The van der Waals surface area contributed by atoms with Gasteiger partial charge in [-0.05, 0) is 106 Å². The highest BCUT2D eigenvalue weighted by Crippen LogP contribution is 2.70. The first kappa shape index (κ1) is 27.7. The van der Waals surface area contributed by atoms with Crippen molar-refractivity contribution in [1.82, 2.24) is 0 Å². The molecule has 0 spiro atoms. The predicted octanol–water partition coefficient (Wildman–Crippen LogP) is 3.46. The van der Waals surface area contributed by atoms with Crippen molar-refractivity contribution in [3.8, 4) is 0 Å². The molecule has 0 amide bonds. The van der Waals surface area contributed by atoms with Gasteiger partial charge in [0.05, 0.1) is 13.2 Å². The van der Waals surface area contributed by atoms with Crippen molar-refractivity contribution >= 4 is 17.5 Å². The lowest BCUT2D eigenvalue weighted by Gasteiger charge is -2.66. The summed E-state index contributed by atoms with van der Waals surface area (Å²) in [5.41, 5.74) is -3.69. The molecule has 4 aliphatic carbocycles. The maximum Gasteiger partial charge on any atom is 0.305 e. The molecule has 4 rings (SSSR count). The Balaban J connectivity index is 1.70. The molecule has 4 saturated carbocycles. The van der Waals surface area contributed by atoms with Crippen LogP contribution in [0.25, 0.3) is 0 Å². The van der Waals surface area contributed by atoms with E-state index < -0.39 is 22.7 Å². The van der Waals surface area contributed by atoms with Crippen LogP contribution in [0.2, 0.25) is 0 Å². The van der Waals surface area contributed by atoms with E-state index in [1.807, 2.05) is 0 Å². The van der Waals surface area contributed by atoms with Crippen molar-refractivity contribution in [2.45, 2.75) is 110 Å². The zero-order chi connectivity index (χ0) is 26.8. The normalized spacial score (nSPS) is 48.8. The molecule has 36 heavy (non-hydrogen) atoms. The minimum Gasteiger partial charge on any atom is -0.469 e. The highest BCUT2D eigenvalue weighted by molar-refractivity contribution is 5.86. The third kappa shape index (κ3) is 3.90. The summed E-state index contributed by atoms with van der Waals surface area (Å²) in [5, 5.41) is 34.9. The molecule has 0 bridgehead atoms. The quantitative estimate of drug-likeness (QED) is 0.472. The molecule has 0 aliphatic heterocycles. The molecule has 0 radical (unpaired) electrons. The molecular weight excluding hydrogens is 460 g/mol. The molecule has 204 valence electrons. The maximum absolute atomic E-state index is 13.2. The lowest BCUT2D eigenvalue weighted by Crippen LogP contribution is -2.69. The van der Waals surface area contributed by atoms with Gasteiger partial charge in [-0.2, -0.15) is 0 Å². The monoisotopic (exact) mass is 506 g/mol. The summed E-state index contributed by atoms with van der Waals surface area (Å²) < 4.78 is 4.83. The second-order valence-electron chi connectivity index (χ2n) is 13.3.